The standard InChI is InChI=1S/C17H26O8/c1-4-6-8-22-15(19)11-24-14(18)10-13(3)17(21)25-12-16(20)23-9-7-5-2/h3-12H2,1-2H3. The number of rotatable bonds is 13. The third kappa shape index (κ3) is 12.7. The summed E-state index contributed by atoms with van der Waals surface area (Å²) in [5.74, 6) is -3.06. The van der Waals surface area contributed by atoms with Crippen molar-refractivity contribution in [1.29, 1.82) is 0 Å². The summed E-state index contributed by atoms with van der Waals surface area (Å²) in [6, 6.07) is 0. The highest BCUT2D eigenvalue weighted by Gasteiger charge is 2.17. The average molecular weight is 358 g/mol. The summed E-state index contributed by atoms with van der Waals surface area (Å²) in [5, 5.41) is 0. The van der Waals surface area contributed by atoms with Gasteiger partial charge in [0, 0.05) is 5.57 Å². The predicted octanol–water partition coefficient (Wildman–Crippen LogP) is 1.71. The zero-order chi connectivity index (χ0) is 19.1. The molecule has 0 unspecified atom stereocenters. The molecular weight excluding hydrogens is 332 g/mol. The molecule has 0 radical (unpaired) electrons. The lowest BCUT2D eigenvalue weighted by molar-refractivity contribution is -0.159. The Bertz CT molecular complexity index is 469. The Labute approximate surface area is 147 Å². The first kappa shape index (κ1) is 22.6. The number of hydrogen-bond acceptors (Lipinski definition) is 8. The fourth-order valence-electron chi connectivity index (χ4n) is 1.41. The molecule has 0 fully saturated rings. The van der Waals surface area contributed by atoms with E-state index in [0.29, 0.717) is 0 Å². The second kappa shape index (κ2) is 14.0. The first-order valence-corrected chi connectivity index (χ1v) is 8.22. The summed E-state index contributed by atoms with van der Waals surface area (Å²) >= 11 is 0. The van der Waals surface area contributed by atoms with Crippen molar-refractivity contribution < 1.29 is 38.1 Å². The molecule has 0 rings (SSSR count). The third-order valence-corrected chi connectivity index (χ3v) is 2.84. The van der Waals surface area contributed by atoms with E-state index in [9.17, 15) is 19.2 Å². The molecule has 0 aliphatic rings. The maximum absolute atomic E-state index is 11.6. The number of hydrogen-bond donors (Lipinski definition) is 0. The molecule has 0 aromatic carbocycles. The van der Waals surface area contributed by atoms with E-state index in [4.69, 9.17) is 9.47 Å². The van der Waals surface area contributed by atoms with E-state index < -0.39 is 43.5 Å². The van der Waals surface area contributed by atoms with Crippen molar-refractivity contribution in [2.75, 3.05) is 26.4 Å². The lowest BCUT2D eigenvalue weighted by atomic mass is 10.2. The fourth-order valence-corrected chi connectivity index (χ4v) is 1.41. The Kier molecular flexibility index (Phi) is 12.7. The van der Waals surface area contributed by atoms with Crippen LogP contribution in [0.4, 0.5) is 0 Å². The van der Waals surface area contributed by atoms with Gasteiger partial charge >= 0.3 is 23.9 Å². The highest BCUT2D eigenvalue weighted by Crippen LogP contribution is 2.04. The molecule has 25 heavy (non-hydrogen) atoms. The molecule has 0 bridgehead atoms. The quantitative estimate of drug-likeness (QED) is 0.212. The van der Waals surface area contributed by atoms with Crippen molar-refractivity contribution in [2.24, 2.45) is 0 Å². The largest absolute Gasteiger partial charge is 0.463 e. The van der Waals surface area contributed by atoms with E-state index in [2.05, 4.69) is 16.1 Å². The monoisotopic (exact) mass is 358 g/mol. The summed E-state index contributed by atoms with van der Waals surface area (Å²) < 4.78 is 19.0. The molecule has 0 aromatic heterocycles. The molecule has 142 valence electrons. The van der Waals surface area contributed by atoms with Crippen molar-refractivity contribution in [1.82, 2.24) is 0 Å². The van der Waals surface area contributed by atoms with E-state index in [-0.39, 0.29) is 18.8 Å². The lowest BCUT2D eigenvalue weighted by Crippen LogP contribution is -2.20. The van der Waals surface area contributed by atoms with Gasteiger partial charge in [0.2, 0.25) is 0 Å². The van der Waals surface area contributed by atoms with Crippen molar-refractivity contribution >= 4 is 23.9 Å². The molecule has 0 atom stereocenters. The topological polar surface area (TPSA) is 105 Å². The number of unbranched alkanes of at least 4 members (excludes halogenated alkanes) is 2. The Morgan fingerprint density at radius 1 is 0.720 bits per heavy atom. The van der Waals surface area contributed by atoms with Gasteiger partial charge in [0.1, 0.15) is 0 Å². The predicted molar refractivity (Wildman–Crippen MR) is 87.4 cm³/mol. The van der Waals surface area contributed by atoms with Gasteiger partial charge in [-0.3, -0.25) is 4.79 Å². The summed E-state index contributed by atoms with van der Waals surface area (Å²) in [5.41, 5.74) is -0.189. The van der Waals surface area contributed by atoms with Crippen LogP contribution in [0.5, 0.6) is 0 Å². The third-order valence-electron chi connectivity index (χ3n) is 2.84. The van der Waals surface area contributed by atoms with E-state index in [1.807, 2.05) is 13.8 Å². The Balaban J connectivity index is 3.94. The molecule has 0 aliphatic heterocycles. The van der Waals surface area contributed by atoms with Crippen molar-refractivity contribution in [2.45, 2.75) is 46.0 Å². The first-order valence-electron chi connectivity index (χ1n) is 8.22. The van der Waals surface area contributed by atoms with Crippen LogP contribution in [0.15, 0.2) is 12.2 Å². The fraction of sp³-hybridized carbons (Fsp3) is 0.647. The number of carbonyl (C=O) groups is 4. The summed E-state index contributed by atoms with van der Waals surface area (Å²) in [6.07, 6.45) is 2.74. The molecule has 0 N–H and O–H groups in total. The molecule has 8 heteroatoms. The molecule has 0 saturated heterocycles. The molecule has 0 saturated carbocycles. The molecule has 8 nitrogen and oxygen atoms in total. The van der Waals surface area contributed by atoms with E-state index in [0.717, 1.165) is 25.7 Å². The van der Waals surface area contributed by atoms with Crippen LogP contribution in [0.1, 0.15) is 46.0 Å². The lowest BCUT2D eigenvalue weighted by Gasteiger charge is -2.08. The molecule has 0 amide bonds. The molecular formula is C17H26O8. The van der Waals surface area contributed by atoms with Crippen LogP contribution in [0.3, 0.4) is 0 Å². The van der Waals surface area contributed by atoms with Crippen LogP contribution in [0.2, 0.25) is 0 Å². The minimum atomic E-state index is -0.907. The van der Waals surface area contributed by atoms with Crippen LogP contribution in [0, 0.1) is 0 Å². The smallest absolute Gasteiger partial charge is 0.344 e. The number of carbonyl (C=O) groups excluding carboxylic acids is 4. The molecule has 0 spiro atoms. The normalized spacial score (nSPS) is 9.84. The van der Waals surface area contributed by atoms with Gasteiger partial charge in [-0.2, -0.15) is 0 Å². The second-order valence-electron chi connectivity index (χ2n) is 5.17. The van der Waals surface area contributed by atoms with Crippen molar-refractivity contribution in [3.05, 3.63) is 12.2 Å². The highest BCUT2D eigenvalue weighted by atomic mass is 16.6. The van der Waals surface area contributed by atoms with Crippen LogP contribution in [0.25, 0.3) is 0 Å². The maximum Gasteiger partial charge on any atom is 0.344 e. The molecule has 0 aliphatic carbocycles. The zero-order valence-corrected chi connectivity index (χ0v) is 14.8. The van der Waals surface area contributed by atoms with Gasteiger partial charge in [0.05, 0.1) is 19.6 Å². The minimum Gasteiger partial charge on any atom is -0.463 e. The van der Waals surface area contributed by atoms with Crippen LogP contribution < -0.4 is 0 Å². The molecule has 0 heterocycles. The Hall–Kier alpha value is -2.38. The highest BCUT2D eigenvalue weighted by molar-refractivity contribution is 5.94. The van der Waals surface area contributed by atoms with E-state index in [1.54, 1.807) is 0 Å². The van der Waals surface area contributed by atoms with Gasteiger partial charge in [-0.1, -0.05) is 33.3 Å². The van der Waals surface area contributed by atoms with Gasteiger partial charge in [0.25, 0.3) is 0 Å². The van der Waals surface area contributed by atoms with Crippen LogP contribution >= 0.6 is 0 Å². The summed E-state index contributed by atoms with van der Waals surface area (Å²) in [6.45, 7) is 6.72. The summed E-state index contributed by atoms with van der Waals surface area (Å²) in [4.78, 5) is 45.7. The van der Waals surface area contributed by atoms with Gasteiger partial charge in [-0.15, -0.1) is 0 Å². The van der Waals surface area contributed by atoms with Gasteiger partial charge in [-0.25, -0.2) is 14.4 Å². The maximum atomic E-state index is 11.6. The van der Waals surface area contributed by atoms with E-state index >= 15 is 0 Å². The van der Waals surface area contributed by atoms with Crippen molar-refractivity contribution in [3.63, 3.8) is 0 Å². The Morgan fingerprint density at radius 3 is 1.68 bits per heavy atom. The van der Waals surface area contributed by atoms with E-state index in [1.165, 1.54) is 0 Å². The van der Waals surface area contributed by atoms with Crippen LogP contribution in [-0.2, 0) is 38.1 Å². The second-order valence-corrected chi connectivity index (χ2v) is 5.17. The SMILES string of the molecule is C=C(CC(=O)OCC(=O)OCCCC)C(=O)OCC(=O)OCCCC. The first-order chi connectivity index (χ1) is 11.9. The minimum absolute atomic E-state index is 0.189. The molecule has 0 aromatic rings. The van der Waals surface area contributed by atoms with Gasteiger partial charge in [0.15, 0.2) is 13.2 Å². The average Bonchev–Trinajstić information content (AvgIpc) is 2.58. The van der Waals surface area contributed by atoms with Crippen molar-refractivity contribution in [3.8, 4) is 0 Å². The summed E-state index contributed by atoms with van der Waals surface area (Å²) in [7, 11) is 0. The van der Waals surface area contributed by atoms with Crippen LogP contribution in [-0.4, -0.2) is 50.3 Å². The van der Waals surface area contributed by atoms with Gasteiger partial charge in [-0.05, 0) is 12.8 Å². The van der Waals surface area contributed by atoms with Gasteiger partial charge < -0.3 is 18.9 Å². The number of ether oxygens (including phenoxy) is 4. The Morgan fingerprint density at radius 2 is 1.20 bits per heavy atom. The zero-order valence-electron chi connectivity index (χ0n) is 14.8. The number of esters is 4.